The number of primary amides is 1. The maximum atomic E-state index is 11.3. The third kappa shape index (κ3) is 2.08. The van der Waals surface area contributed by atoms with Gasteiger partial charge in [-0.05, 0) is 31.4 Å². The predicted molar refractivity (Wildman–Crippen MR) is 62.8 cm³/mol. The molecule has 0 saturated carbocycles. The zero-order valence-corrected chi connectivity index (χ0v) is 9.10. The van der Waals surface area contributed by atoms with E-state index in [1.165, 1.54) is 0 Å². The minimum Gasteiger partial charge on any atom is -0.397 e. The van der Waals surface area contributed by atoms with Crippen molar-refractivity contribution >= 4 is 17.4 Å². The average Bonchev–Trinajstić information content (AvgIpc) is 2.30. The number of piperidine rings is 1. The Kier molecular flexibility index (Phi) is 2.94. The zero-order valence-electron chi connectivity index (χ0n) is 9.10. The third-order valence-electron chi connectivity index (χ3n) is 2.90. The minimum atomic E-state index is -0.279. The normalized spacial score (nSPS) is 20.8. The van der Waals surface area contributed by atoms with Gasteiger partial charge in [0.1, 0.15) is 11.9 Å². The van der Waals surface area contributed by atoms with Crippen LogP contribution in [0.15, 0.2) is 18.3 Å². The van der Waals surface area contributed by atoms with Gasteiger partial charge >= 0.3 is 0 Å². The Morgan fingerprint density at radius 3 is 2.88 bits per heavy atom. The summed E-state index contributed by atoms with van der Waals surface area (Å²) in [6.45, 7) is 0.824. The van der Waals surface area contributed by atoms with E-state index in [1.807, 2.05) is 11.0 Å². The molecule has 0 radical (unpaired) electrons. The molecule has 2 rings (SSSR count). The van der Waals surface area contributed by atoms with Gasteiger partial charge < -0.3 is 16.4 Å². The molecule has 2 heterocycles. The van der Waals surface area contributed by atoms with Crippen LogP contribution in [0.2, 0.25) is 0 Å². The summed E-state index contributed by atoms with van der Waals surface area (Å²) in [6.07, 6.45) is 4.51. The van der Waals surface area contributed by atoms with Crippen LogP contribution in [-0.4, -0.2) is 23.5 Å². The van der Waals surface area contributed by atoms with Crippen molar-refractivity contribution in [1.82, 2.24) is 4.98 Å². The molecule has 16 heavy (non-hydrogen) atoms. The van der Waals surface area contributed by atoms with E-state index in [0.717, 1.165) is 31.6 Å². The number of amides is 1. The molecule has 1 aliphatic rings. The number of nitrogens with two attached hydrogens (primary N) is 2. The highest BCUT2D eigenvalue weighted by Crippen LogP contribution is 2.23. The fourth-order valence-electron chi connectivity index (χ4n) is 2.07. The van der Waals surface area contributed by atoms with Crippen LogP contribution in [0.4, 0.5) is 11.5 Å². The Bertz CT molecular complexity index is 376. The molecule has 1 unspecified atom stereocenters. The quantitative estimate of drug-likeness (QED) is 0.760. The number of carbonyl (C=O) groups is 1. The highest BCUT2D eigenvalue weighted by molar-refractivity contribution is 5.83. The van der Waals surface area contributed by atoms with Crippen molar-refractivity contribution in [3.8, 4) is 0 Å². The first-order chi connectivity index (χ1) is 7.68. The number of pyridine rings is 1. The van der Waals surface area contributed by atoms with Crippen molar-refractivity contribution in [2.24, 2.45) is 5.73 Å². The molecule has 1 aromatic heterocycles. The number of rotatable bonds is 2. The van der Waals surface area contributed by atoms with Crippen molar-refractivity contribution in [1.29, 1.82) is 0 Å². The maximum Gasteiger partial charge on any atom is 0.240 e. The lowest BCUT2D eigenvalue weighted by molar-refractivity contribution is -0.119. The molecule has 5 heteroatoms. The van der Waals surface area contributed by atoms with Crippen molar-refractivity contribution in [2.45, 2.75) is 25.3 Å². The highest BCUT2D eigenvalue weighted by Gasteiger charge is 2.27. The SMILES string of the molecule is NC(=O)C1CCCCN1c1ccc(N)cn1. The second kappa shape index (κ2) is 4.38. The summed E-state index contributed by atoms with van der Waals surface area (Å²) in [7, 11) is 0. The van der Waals surface area contributed by atoms with Crippen molar-refractivity contribution in [2.75, 3.05) is 17.2 Å². The van der Waals surface area contributed by atoms with Crippen molar-refractivity contribution in [3.05, 3.63) is 18.3 Å². The summed E-state index contributed by atoms with van der Waals surface area (Å²) < 4.78 is 0. The van der Waals surface area contributed by atoms with Gasteiger partial charge in [0.05, 0.1) is 11.9 Å². The molecule has 1 aliphatic heterocycles. The number of carbonyl (C=O) groups excluding carboxylic acids is 1. The van der Waals surface area contributed by atoms with Crippen LogP contribution in [0.5, 0.6) is 0 Å². The second-order valence-corrected chi connectivity index (χ2v) is 4.06. The van der Waals surface area contributed by atoms with Crippen LogP contribution >= 0.6 is 0 Å². The highest BCUT2D eigenvalue weighted by atomic mass is 16.1. The Hall–Kier alpha value is -1.78. The van der Waals surface area contributed by atoms with Gasteiger partial charge in [-0.15, -0.1) is 0 Å². The van der Waals surface area contributed by atoms with Gasteiger partial charge in [-0.3, -0.25) is 4.79 Å². The smallest absolute Gasteiger partial charge is 0.240 e. The van der Waals surface area contributed by atoms with Crippen LogP contribution in [0, 0.1) is 0 Å². The molecular weight excluding hydrogens is 204 g/mol. The van der Waals surface area contributed by atoms with Gasteiger partial charge in [0.25, 0.3) is 0 Å². The first-order valence-corrected chi connectivity index (χ1v) is 5.46. The topological polar surface area (TPSA) is 85.2 Å². The van der Waals surface area contributed by atoms with Crippen LogP contribution in [-0.2, 0) is 4.79 Å². The first-order valence-electron chi connectivity index (χ1n) is 5.46. The van der Waals surface area contributed by atoms with Crippen LogP contribution in [0.1, 0.15) is 19.3 Å². The van der Waals surface area contributed by atoms with Gasteiger partial charge in [0.15, 0.2) is 0 Å². The van der Waals surface area contributed by atoms with E-state index in [4.69, 9.17) is 11.5 Å². The molecule has 1 atom stereocenters. The summed E-state index contributed by atoms with van der Waals surface area (Å²) in [5.74, 6) is 0.496. The number of hydrogen-bond acceptors (Lipinski definition) is 4. The molecule has 1 fully saturated rings. The van der Waals surface area contributed by atoms with E-state index >= 15 is 0 Å². The number of anilines is 2. The zero-order chi connectivity index (χ0) is 11.5. The Morgan fingerprint density at radius 1 is 1.44 bits per heavy atom. The number of nitrogen functional groups attached to an aromatic ring is 1. The van der Waals surface area contributed by atoms with Gasteiger partial charge in [-0.25, -0.2) is 4.98 Å². The molecule has 0 spiro atoms. The lowest BCUT2D eigenvalue weighted by Gasteiger charge is -2.34. The maximum absolute atomic E-state index is 11.3. The van der Waals surface area contributed by atoms with Crippen LogP contribution in [0.3, 0.4) is 0 Å². The molecule has 1 saturated heterocycles. The lowest BCUT2D eigenvalue weighted by atomic mass is 10.0. The van der Waals surface area contributed by atoms with Gasteiger partial charge in [0, 0.05) is 6.54 Å². The molecule has 5 nitrogen and oxygen atoms in total. The summed E-state index contributed by atoms with van der Waals surface area (Å²) in [6, 6.07) is 3.39. The standard InChI is InChI=1S/C11H16N4O/c12-8-4-5-10(14-7-8)15-6-2-1-3-9(15)11(13)16/h4-5,7,9H,1-3,6,12H2,(H2,13,16). The fourth-order valence-corrected chi connectivity index (χ4v) is 2.07. The molecule has 4 N–H and O–H groups in total. The molecule has 0 aliphatic carbocycles. The predicted octanol–water partition coefficient (Wildman–Crippen LogP) is 0.508. The Labute approximate surface area is 94.4 Å². The van der Waals surface area contributed by atoms with Crippen LogP contribution in [0.25, 0.3) is 0 Å². The monoisotopic (exact) mass is 220 g/mol. The van der Waals surface area contributed by atoms with E-state index in [2.05, 4.69) is 4.98 Å². The Balaban J connectivity index is 2.23. The van der Waals surface area contributed by atoms with E-state index in [0.29, 0.717) is 5.69 Å². The molecular formula is C11H16N4O. The van der Waals surface area contributed by atoms with E-state index in [9.17, 15) is 4.79 Å². The summed E-state index contributed by atoms with van der Waals surface area (Å²) in [4.78, 5) is 17.5. The number of aromatic nitrogens is 1. The van der Waals surface area contributed by atoms with Gasteiger partial charge in [0.2, 0.25) is 5.91 Å². The molecule has 0 bridgehead atoms. The van der Waals surface area contributed by atoms with Gasteiger partial charge in [-0.1, -0.05) is 0 Å². The summed E-state index contributed by atoms with van der Waals surface area (Å²) >= 11 is 0. The molecule has 1 aromatic rings. The minimum absolute atomic E-state index is 0.232. The molecule has 1 amide bonds. The largest absolute Gasteiger partial charge is 0.397 e. The summed E-state index contributed by atoms with van der Waals surface area (Å²) in [5.41, 5.74) is 11.6. The number of hydrogen-bond donors (Lipinski definition) is 2. The molecule has 86 valence electrons. The van der Waals surface area contributed by atoms with E-state index < -0.39 is 0 Å². The third-order valence-corrected chi connectivity index (χ3v) is 2.90. The summed E-state index contributed by atoms with van der Waals surface area (Å²) in [5, 5.41) is 0. The Morgan fingerprint density at radius 2 is 2.25 bits per heavy atom. The van der Waals surface area contributed by atoms with Crippen LogP contribution < -0.4 is 16.4 Å². The lowest BCUT2D eigenvalue weighted by Crippen LogP contribution is -2.48. The number of nitrogens with zero attached hydrogens (tertiary/aromatic N) is 2. The van der Waals surface area contributed by atoms with E-state index in [1.54, 1.807) is 12.3 Å². The average molecular weight is 220 g/mol. The van der Waals surface area contributed by atoms with E-state index in [-0.39, 0.29) is 11.9 Å². The van der Waals surface area contributed by atoms with Crippen molar-refractivity contribution in [3.63, 3.8) is 0 Å². The van der Waals surface area contributed by atoms with Gasteiger partial charge in [-0.2, -0.15) is 0 Å². The second-order valence-electron chi connectivity index (χ2n) is 4.06. The fraction of sp³-hybridized carbons (Fsp3) is 0.455. The van der Waals surface area contributed by atoms with Crippen molar-refractivity contribution < 1.29 is 4.79 Å². The molecule has 0 aromatic carbocycles. The first kappa shape index (κ1) is 10.7.